The maximum Gasteiger partial charge on any atom is 0.252 e. The third-order valence-corrected chi connectivity index (χ3v) is 6.99. The van der Waals surface area contributed by atoms with Crippen molar-refractivity contribution in [3.05, 3.63) is 123 Å². The number of pyridine rings is 1. The molecule has 0 saturated carbocycles. The molecule has 1 heterocycles. The first-order chi connectivity index (χ1) is 19.2. The van der Waals surface area contributed by atoms with Crippen molar-refractivity contribution in [2.24, 2.45) is 5.73 Å². The smallest absolute Gasteiger partial charge is 0.252 e. The Labute approximate surface area is 237 Å². The number of primary amides is 1. The van der Waals surface area contributed by atoms with Gasteiger partial charge in [0, 0.05) is 47.0 Å². The van der Waals surface area contributed by atoms with Crippen molar-refractivity contribution < 1.29 is 19.1 Å². The molecule has 204 valence electrons. The average molecular weight is 557 g/mol. The second-order valence-corrected chi connectivity index (χ2v) is 9.81. The quantitative estimate of drug-likeness (QED) is 0.247. The van der Waals surface area contributed by atoms with E-state index in [2.05, 4.69) is 0 Å². The van der Waals surface area contributed by atoms with E-state index in [4.69, 9.17) is 22.1 Å². The molecule has 7 nitrogen and oxygen atoms in total. The van der Waals surface area contributed by atoms with Gasteiger partial charge in [0.1, 0.15) is 5.75 Å². The van der Waals surface area contributed by atoms with Gasteiger partial charge in [0.25, 0.3) is 5.56 Å². The number of hydrogen-bond acceptors (Lipinski definition) is 5. The number of carbonyl (C=O) groups is 3. The van der Waals surface area contributed by atoms with E-state index in [-0.39, 0.29) is 30.8 Å². The van der Waals surface area contributed by atoms with Crippen LogP contribution >= 0.6 is 11.6 Å². The van der Waals surface area contributed by atoms with Gasteiger partial charge in [-0.15, -0.1) is 0 Å². The van der Waals surface area contributed by atoms with E-state index in [0.29, 0.717) is 38.6 Å². The first kappa shape index (κ1) is 28.5. The monoisotopic (exact) mass is 556 g/mol. The molecule has 1 amide bonds. The molecule has 0 aliphatic heterocycles. The fourth-order valence-corrected chi connectivity index (χ4v) is 4.80. The lowest BCUT2D eigenvalue weighted by molar-refractivity contribution is -0.121. The Balaban J connectivity index is 1.79. The van der Waals surface area contributed by atoms with Crippen molar-refractivity contribution >= 4 is 29.1 Å². The molecular formula is C32H29ClN2O5. The molecule has 0 aliphatic rings. The van der Waals surface area contributed by atoms with Crippen molar-refractivity contribution in [1.29, 1.82) is 0 Å². The molecule has 0 bridgehead atoms. The van der Waals surface area contributed by atoms with Gasteiger partial charge in [0.15, 0.2) is 11.6 Å². The number of ether oxygens (including phenoxy) is 1. The molecule has 2 N–H and O–H groups in total. The van der Waals surface area contributed by atoms with Gasteiger partial charge in [-0.05, 0) is 47.0 Å². The van der Waals surface area contributed by atoms with Crippen LogP contribution in [0.2, 0.25) is 5.02 Å². The molecular weight excluding hydrogens is 528 g/mol. The molecule has 0 saturated heterocycles. The van der Waals surface area contributed by atoms with Crippen LogP contribution in [0.25, 0.3) is 11.1 Å². The second kappa shape index (κ2) is 12.6. The van der Waals surface area contributed by atoms with E-state index >= 15 is 0 Å². The fourth-order valence-electron chi connectivity index (χ4n) is 4.63. The van der Waals surface area contributed by atoms with Crippen molar-refractivity contribution in [2.75, 3.05) is 7.11 Å². The summed E-state index contributed by atoms with van der Waals surface area (Å²) in [4.78, 5) is 51.4. The zero-order valence-corrected chi connectivity index (χ0v) is 23.0. The molecule has 0 aliphatic carbocycles. The van der Waals surface area contributed by atoms with Gasteiger partial charge in [-0.2, -0.15) is 0 Å². The van der Waals surface area contributed by atoms with Gasteiger partial charge in [-0.3, -0.25) is 19.2 Å². The van der Waals surface area contributed by atoms with E-state index in [1.54, 1.807) is 49.4 Å². The Morgan fingerprint density at radius 2 is 1.62 bits per heavy atom. The van der Waals surface area contributed by atoms with Crippen LogP contribution in [0, 0.1) is 0 Å². The minimum absolute atomic E-state index is 0.0382. The second-order valence-electron chi connectivity index (χ2n) is 9.38. The first-order valence-corrected chi connectivity index (χ1v) is 13.2. The van der Waals surface area contributed by atoms with Crippen LogP contribution in [0.3, 0.4) is 0 Å². The Bertz CT molecular complexity index is 1610. The number of methoxy groups -OCH3 is 1. The summed E-state index contributed by atoms with van der Waals surface area (Å²) >= 11 is 6.26. The summed E-state index contributed by atoms with van der Waals surface area (Å²) in [5, 5.41) is 0.411. The van der Waals surface area contributed by atoms with Crippen LogP contribution in [-0.2, 0) is 17.6 Å². The Morgan fingerprint density at radius 1 is 0.925 bits per heavy atom. The van der Waals surface area contributed by atoms with Gasteiger partial charge in [-0.1, -0.05) is 61.0 Å². The molecule has 1 unspecified atom stereocenters. The maximum absolute atomic E-state index is 13.7. The topological polar surface area (TPSA) is 108 Å². The summed E-state index contributed by atoms with van der Waals surface area (Å²) in [7, 11) is 1.47. The highest BCUT2D eigenvalue weighted by molar-refractivity contribution is 6.31. The normalized spacial score (nSPS) is 11.6. The number of ketones is 2. The largest absolute Gasteiger partial charge is 0.495 e. The fraction of sp³-hybridized carbons (Fsp3) is 0.188. The molecule has 0 spiro atoms. The number of rotatable bonds is 11. The molecule has 1 atom stereocenters. The van der Waals surface area contributed by atoms with Crippen LogP contribution in [0.4, 0.5) is 0 Å². The van der Waals surface area contributed by atoms with E-state index in [9.17, 15) is 19.2 Å². The molecule has 0 radical (unpaired) electrons. The summed E-state index contributed by atoms with van der Waals surface area (Å²) < 4.78 is 7.04. The first-order valence-electron chi connectivity index (χ1n) is 12.8. The number of benzene rings is 3. The number of nitrogens with zero attached hydrogens (tertiary/aromatic N) is 1. The number of Topliss-reactive ketones (excluding diaryl/α,β-unsaturated/α-hetero) is 2. The zero-order chi connectivity index (χ0) is 28.8. The lowest BCUT2D eigenvalue weighted by Crippen LogP contribution is -2.32. The molecule has 8 heteroatoms. The van der Waals surface area contributed by atoms with E-state index in [1.807, 2.05) is 30.3 Å². The number of amides is 1. The van der Waals surface area contributed by atoms with Gasteiger partial charge >= 0.3 is 0 Å². The highest BCUT2D eigenvalue weighted by atomic mass is 35.5. The Hall–Kier alpha value is -4.49. The van der Waals surface area contributed by atoms with Crippen molar-refractivity contribution in [3.63, 3.8) is 0 Å². The van der Waals surface area contributed by atoms with Crippen LogP contribution in [0.1, 0.15) is 51.2 Å². The van der Waals surface area contributed by atoms with Gasteiger partial charge in [-0.25, -0.2) is 0 Å². The molecule has 1 aromatic heterocycles. The highest BCUT2D eigenvalue weighted by Crippen LogP contribution is 2.34. The molecule has 0 fully saturated rings. The zero-order valence-electron chi connectivity index (χ0n) is 22.2. The van der Waals surface area contributed by atoms with E-state index in [0.717, 1.165) is 5.56 Å². The minimum Gasteiger partial charge on any atom is -0.495 e. The Morgan fingerprint density at radius 3 is 2.25 bits per heavy atom. The predicted octanol–water partition coefficient (Wildman–Crippen LogP) is 5.46. The number of nitrogens with two attached hydrogens (primary N) is 1. The number of hydrogen-bond donors (Lipinski definition) is 1. The molecule has 3 aromatic carbocycles. The van der Waals surface area contributed by atoms with E-state index in [1.165, 1.54) is 23.9 Å². The number of halogens is 1. The minimum atomic E-state index is -0.843. The molecule has 4 rings (SSSR count). The third-order valence-electron chi connectivity index (χ3n) is 6.75. The summed E-state index contributed by atoms with van der Waals surface area (Å²) in [6, 6.07) is 21.3. The van der Waals surface area contributed by atoms with Crippen LogP contribution in [0.5, 0.6) is 5.75 Å². The predicted molar refractivity (Wildman–Crippen MR) is 155 cm³/mol. The van der Waals surface area contributed by atoms with Gasteiger partial charge in [0.2, 0.25) is 5.91 Å². The van der Waals surface area contributed by atoms with Crippen molar-refractivity contribution in [2.45, 2.75) is 32.2 Å². The summed E-state index contributed by atoms with van der Waals surface area (Å²) in [6.07, 6.45) is 2.11. The van der Waals surface area contributed by atoms with Crippen LogP contribution in [0.15, 0.2) is 89.9 Å². The summed E-state index contributed by atoms with van der Waals surface area (Å²) in [5.74, 6) is -0.527. The van der Waals surface area contributed by atoms with Crippen LogP contribution in [-0.4, -0.2) is 29.2 Å². The SMILES string of the molecule is CCC(=O)c1ccc(Cl)cc1-c1cc(=O)n(C(Cc2ccccc2)C(=O)Cc2ccc(C(N)=O)cc2)cc1OC. The lowest BCUT2D eigenvalue weighted by Gasteiger charge is -2.22. The molecule has 40 heavy (non-hydrogen) atoms. The average Bonchev–Trinajstić information content (AvgIpc) is 2.96. The maximum atomic E-state index is 13.7. The van der Waals surface area contributed by atoms with Crippen molar-refractivity contribution in [1.82, 2.24) is 4.57 Å². The number of aromatic nitrogens is 1. The highest BCUT2D eigenvalue weighted by Gasteiger charge is 2.25. The van der Waals surface area contributed by atoms with Gasteiger partial charge < -0.3 is 15.0 Å². The summed E-state index contributed by atoms with van der Waals surface area (Å²) in [5.41, 5.74) is 8.15. The lowest BCUT2D eigenvalue weighted by atomic mass is 9.94. The molecule has 4 aromatic rings. The van der Waals surface area contributed by atoms with Crippen molar-refractivity contribution in [3.8, 4) is 16.9 Å². The van der Waals surface area contributed by atoms with Crippen LogP contribution < -0.4 is 16.0 Å². The third kappa shape index (κ3) is 6.38. The van der Waals surface area contributed by atoms with Gasteiger partial charge in [0.05, 0.1) is 19.3 Å². The standard InChI is InChI=1S/C32H29ClN2O5/c1-3-28(36)24-14-13-23(33)17-25(24)26-18-31(38)35(19-30(26)40-2)27(15-20-7-5-4-6-8-20)29(37)16-21-9-11-22(12-10-21)32(34)39/h4-14,17-19,27H,3,15-16H2,1-2H3,(H2,34,39). The number of carbonyl (C=O) groups excluding carboxylic acids is 3. The summed E-state index contributed by atoms with van der Waals surface area (Å²) in [6.45, 7) is 1.76. The van der Waals surface area contributed by atoms with E-state index < -0.39 is 17.5 Å². The Kier molecular flexibility index (Phi) is 8.97.